The Bertz CT molecular complexity index is 5700. The van der Waals surface area contributed by atoms with Crippen LogP contribution in [0.2, 0.25) is 0 Å². The van der Waals surface area contributed by atoms with Crippen LogP contribution in [0.5, 0.6) is 11.5 Å². The number of carboxylic acid groups (broad SMARTS) is 3. The highest BCUT2D eigenvalue weighted by Crippen LogP contribution is 2.49. The lowest BCUT2D eigenvalue weighted by atomic mass is 9.80. The van der Waals surface area contributed by atoms with Crippen molar-refractivity contribution in [1.82, 2.24) is 34.6 Å². The predicted molar refractivity (Wildman–Crippen MR) is 541 cm³/mol. The van der Waals surface area contributed by atoms with Crippen molar-refractivity contribution in [2.75, 3.05) is 86.4 Å². The number of ether oxygens (including phenoxy) is 8. The maximum Gasteiger partial charge on any atom is 0.409 e. The van der Waals surface area contributed by atoms with Gasteiger partial charge >= 0.3 is 42.2 Å². The number of halogens is 5. The number of imidazole rings is 1. The van der Waals surface area contributed by atoms with E-state index in [9.17, 15) is 38.7 Å². The van der Waals surface area contributed by atoms with Crippen molar-refractivity contribution in [3.8, 4) is 44.9 Å². The fourth-order valence-corrected chi connectivity index (χ4v) is 16.0. The van der Waals surface area contributed by atoms with Crippen LogP contribution in [0.3, 0.4) is 0 Å². The summed E-state index contributed by atoms with van der Waals surface area (Å²) in [4.78, 5) is 108. The van der Waals surface area contributed by atoms with Crippen molar-refractivity contribution >= 4 is 163 Å². The molecule has 1 aliphatic heterocycles. The van der Waals surface area contributed by atoms with Crippen molar-refractivity contribution in [2.24, 2.45) is 0 Å². The molecule has 1 unspecified atom stereocenters. The van der Waals surface area contributed by atoms with Gasteiger partial charge in [0.05, 0.1) is 33.3 Å². The molecule has 0 spiro atoms. The molecule has 0 radical (unpaired) electrons. The zero-order valence-electron chi connectivity index (χ0n) is 72.1. The number of nitrogens with zero attached hydrogens (tertiary/aromatic N) is 6. The quantitative estimate of drug-likeness (QED) is 0.00951. The number of carbonyl (C=O) groups is 8. The molecule has 0 bridgehead atoms. The van der Waals surface area contributed by atoms with Gasteiger partial charge in [-0.25, -0.2) is 38.9 Å². The summed E-state index contributed by atoms with van der Waals surface area (Å²) in [5, 5.41) is 49.3. The second-order valence-electron chi connectivity index (χ2n) is 30.3. The van der Waals surface area contributed by atoms with Crippen LogP contribution < -0.4 is 20.1 Å². The molecule has 3 heterocycles. The largest absolute Gasteiger partial charge is 0.497 e. The smallest absolute Gasteiger partial charge is 0.409 e. The molecule has 1 saturated heterocycles. The minimum absolute atomic E-state index is 0. The number of esters is 1. The molecule has 2 aromatic heterocycles. The molecule has 3 atom stereocenters. The number of nitrogens with one attached hydrogen (secondary N) is 2. The van der Waals surface area contributed by atoms with Gasteiger partial charge in [0.1, 0.15) is 62.2 Å². The molecule has 3 aliphatic carbocycles. The second kappa shape index (κ2) is 51.3. The van der Waals surface area contributed by atoms with E-state index in [1.807, 2.05) is 152 Å². The molecule has 10 aromatic carbocycles. The monoisotopic (exact) mass is 2360 g/mol. The first kappa shape index (κ1) is 103. The van der Waals surface area contributed by atoms with Gasteiger partial charge in [0.2, 0.25) is 0 Å². The third kappa shape index (κ3) is 26.3. The lowest BCUT2D eigenvalue weighted by molar-refractivity contribution is -0.155. The second-order valence-corrected chi connectivity index (χ2v) is 30.3. The first-order chi connectivity index (χ1) is 63.6. The summed E-state index contributed by atoms with van der Waals surface area (Å²) >= 11 is 8.48. The lowest BCUT2D eigenvalue weighted by Gasteiger charge is -2.37. The molecule has 132 heavy (non-hydrogen) atoms. The van der Waals surface area contributed by atoms with E-state index in [0.29, 0.717) is 54.2 Å². The zero-order chi connectivity index (χ0) is 93.5. The summed E-state index contributed by atoms with van der Waals surface area (Å²) in [5.41, 5.74) is 17.4. The molecule has 1 fully saturated rings. The zero-order valence-corrected chi connectivity index (χ0v) is 83.0. The molecule has 7 N–H and O–H groups in total. The fraction of sp³-hybridized carbons (Fsp3) is 0.255. The molecule has 12 aromatic rings. The van der Waals surface area contributed by atoms with E-state index < -0.39 is 85.3 Å². The van der Waals surface area contributed by atoms with Crippen LogP contribution in [0.15, 0.2) is 261 Å². The van der Waals surface area contributed by atoms with E-state index in [-0.39, 0.29) is 99.8 Å². The number of alkyl carbamates (subject to hydrolysis) is 1. The Morgan fingerprint density at radius 3 is 1.32 bits per heavy atom. The molecule has 16 rings (SSSR count). The van der Waals surface area contributed by atoms with E-state index >= 15 is 0 Å². The Morgan fingerprint density at radius 1 is 0.492 bits per heavy atom. The SMILES string of the molecule is CN(CCCC(=O)O)C(=O)OCC1c2ccccc2-c2ccccc21.CN(CCCC(=O)OCC(=O)O)C(=O)OCC1c2ccccc2-c2ccccc21.COc1ccc(C(OC[C@H]2O[C@@H](n3cnc4c(NC(=O)c5ccc(CNC(=O)OCC6c7ccccc7-c7ccccc76)cc5)ncnc43)CC2O)(c2ccccc2)c2ccc(OC)cc2)cc1.I.II.II.O=C(O)CO. The number of methoxy groups -OCH3 is 2. The number of fused-ring (bicyclic) bond motifs is 10. The van der Waals surface area contributed by atoms with Crippen molar-refractivity contribution in [3.05, 3.63) is 323 Å². The highest BCUT2D eigenvalue weighted by molar-refractivity contribution is 15.0. The van der Waals surface area contributed by atoms with Gasteiger partial charge in [-0.1, -0.05) is 212 Å². The average molecular weight is 2360 g/mol. The first-order valence-corrected chi connectivity index (χ1v) is 54.0. The van der Waals surface area contributed by atoms with E-state index in [2.05, 4.69) is 178 Å². The summed E-state index contributed by atoms with van der Waals surface area (Å²) in [7, 11) is 6.48. The number of carbonyl (C=O) groups excluding carboxylic acids is 5. The number of amides is 4. The third-order valence-corrected chi connectivity index (χ3v) is 22.3. The Kier molecular flexibility index (Phi) is 40.1. The predicted octanol–water partition coefficient (Wildman–Crippen LogP) is 19.0. The minimum atomic E-state index is -1.20. The number of aliphatic hydroxyl groups excluding tert-OH is 2. The topological polar surface area (TPSA) is 386 Å². The average Bonchev–Trinajstić information content (AvgIpc) is 1.54. The number of aliphatic carboxylic acids is 3. The fourth-order valence-electron chi connectivity index (χ4n) is 16.0. The molecule has 4 aliphatic rings. The number of hydrogen-bond acceptors (Lipinski definition) is 21. The van der Waals surface area contributed by atoms with E-state index in [1.165, 1.54) is 38.4 Å². The maximum atomic E-state index is 13.5. The summed E-state index contributed by atoms with van der Waals surface area (Å²) in [5.74, 6) is -2.66. The number of rotatable bonds is 30. The Morgan fingerprint density at radius 2 is 0.902 bits per heavy atom. The van der Waals surface area contributed by atoms with Crippen LogP contribution in [0.25, 0.3) is 44.5 Å². The maximum absolute atomic E-state index is 13.5. The van der Waals surface area contributed by atoms with Gasteiger partial charge in [0.25, 0.3) is 5.91 Å². The Balaban J connectivity index is 0.000000231. The number of anilines is 1. The van der Waals surface area contributed by atoms with Crippen LogP contribution in [0.4, 0.5) is 20.2 Å². The van der Waals surface area contributed by atoms with Crippen LogP contribution >= 0.6 is 98.4 Å². The molecule has 690 valence electrons. The standard InChI is InChI=1S/C54H48N6O8.C22H23NO6.C20H21NO4.C2H4O3.2I2.HI/c1-64-39-24-20-37(21-25-39)54(36-10-4-3-5-11-36,38-22-26-40(65-2)27-23-38)67-31-47-46(61)28-48(68-47)60-33-58-49-50(56-32-57-51(49)60)59-52(62)35-18-16-34(17-19-35)29-55-53(63)66-30-45-43-14-8-6-12-41(43)42-13-7-9-15-44(42)45;1-23(12-6-11-21(26)28-14-20(24)25)22(27)29-13-19-17-9-4-2-7-15(17)16-8-3-5-10-18(16)19;1-21(12-6-11-19(22)23)20(24)25-13-18-16-9-4-2-7-14(16)15-8-3-5-10-17(15)18;3-1-2(4)5;2*1-2;/h3-27,32-33,45-48,61H,28-31H2,1-2H3,(H,55,63)(H,56,57,59,62);2-5,7-10,19H,6,11-14H2,1H3,(H,24,25);2-5,7-10,18H,6,11-13H2,1H3,(H,22,23);3H,1H2,(H,4,5);;;1H/t46?,47-,48-;;;;;;/m1....../s1. The molecular weight excluding hydrogens is 2260 g/mol. The van der Waals surface area contributed by atoms with Crippen LogP contribution in [-0.2, 0) is 59.7 Å². The minimum Gasteiger partial charge on any atom is -0.497 e. The summed E-state index contributed by atoms with van der Waals surface area (Å²) in [6.45, 7) is 0.202. The summed E-state index contributed by atoms with van der Waals surface area (Å²) in [6, 6.07) is 81.2. The summed E-state index contributed by atoms with van der Waals surface area (Å²) in [6.07, 6.45) is 0.312. The van der Waals surface area contributed by atoms with Gasteiger partial charge in [0, 0.05) is 151 Å². The summed E-state index contributed by atoms with van der Waals surface area (Å²) < 4.78 is 47.5. The van der Waals surface area contributed by atoms with Gasteiger partial charge < -0.3 is 83.9 Å². The Hall–Kier alpha value is -11.0. The van der Waals surface area contributed by atoms with E-state index in [1.54, 1.807) is 63.5 Å². The molecule has 29 nitrogen and oxygen atoms in total. The van der Waals surface area contributed by atoms with Crippen LogP contribution in [0.1, 0.15) is 122 Å². The highest BCUT2D eigenvalue weighted by atomic mass is 128. The number of aliphatic hydroxyl groups is 2. The van der Waals surface area contributed by atoms with Gasteiger partial charge in [-0.05, 0) is 138 Å². The van der Waals surface area contributed by atoms with Crippen molar-refractivity contribution in [3.63, 3.8) is 0 Å². The van der Waals surface area contributed by atoms with Gasteiger partial charge in [-0.2, -0.15) is 0 Å². The van der Waals surface area contributed by atoms with Crippen LogP contribution in [0, 0.1) is 0 Å². The van der Waals surface area contributed by atoms with Crippen molar-refractivity contribution in [1.29, 1.82) is 0 Å². The lowest BCUT2D eigenvalue weighted by Crippen LogP contribution is -2.38. The van der Waals surface area contributed by atoms with Crippen LogP contribution in [-0.4, -0.2) is 196 Å². The number of carboxylic acids is 3. The molecule has 4 amide bonds. The van der Waals surface area contributed by atoms with Gasteiger partial charge in [-0.15, -0.1) is 24.0 Å². The van der Waals surface area contributed by atoms with Crippen molar-refractivity contribution < 1.29 is 102 Å². The Labute approximate surface area is 826 Å². The highest BCUT2D eigenvalue weighted by Gasteiger charge is 2.43. The number of benzene rings is 10. The van der Waals surface area contributed by atoms with Gasteiger partial charge in [-0.3, -0.25) is 19.0 Å². The van der Waals surface area contributed by atoms with Gasteiger partial charge in [0.15, 0.2) is 23.6 Å². The van der Waals surface area contributed by atoms with Crippen molar-refractivity contribution in [2.45, 2.75) is 80.4 Å². The number of hydrogen-bond donors (Lipinski definition) is 7. The van der Waals surface area contributed by atoms with E-state index in [0.717, 1.165) is 66.8 Å². The normalized spacial score (nSPS) is 13.8. The molecule has 0 saturated carbocycles. The third-order valence-electron chi connectivity index (χ3n) is 22.3. The first-order valence-electron chi connectivity index (χ1n) is 41.5. The van der Waals surface area contributed by atoms with E-state index in [4.69, 9.17) is 58.4 Å². The molecular formula is C98H97I5N8O21. The molecule has 34 heteroatoms. The number of aromatic nitrogens is 4.